The fourth-order valence-corrected chi connectivity index (χ4v) is 3.03. The zero-order valence-corrected chi connectivity index (χ0v) is 11.4. The molecule has 1 amide bonds. The maximum atomic E-state index is 11.3. The second kappa shape index (κ2) is 4.90. The first-order valence-corrected chi connectivity index (χ1v) is 6.94. The van der Waals surface area contributed by atoms with Crippen molar-refractivity contribution in [2.45, 2.75) is 11.2 Å². The third-order valence-corrected chi connectivity index (χ3v) is 4.61. The molecule has 0 aliphatic carbocycles. The Hall–Kier alpha value is -1.07. The second-order valence-corrected chi connectivity index (χ2v) is 5.60. The highest BCUT2D eigenvalue weighted by Crippen LogP contribution is 2.39. The van der Waals surface area contributed by atoms with E-state index in [0.717, 1.165) is 36.6 Å². The van der Waals surface area contributed by atoms with E-state index in [2.05, 4.69) is 21.2 Å². The Morgan fingerprint density at radius 2 is 2.33 bits per heavy atom. The van der Waals surface area contributed by atoms with Crippen LogP contribution in [0.2, 0.25) is 0 Å². The summed E-state index contributed by atoms with van der Waals surface area (Å²) in [5.41, 5.74) is 1.90. The molecule has 18 heavy (non-hydrogen) atoms. The Bertz CT molecular complexity index is 471. The molecule has 96 valence electrons. The molecule has 2 heterocycles. The number of ether oxygens (including phenoxy) is 2. The van der Waals surface area contributed by atoms with Crippen LogP contribution < -0.4 is 10.1 Å². The molecule has 1 aromatic rings. The molecule has 0 spiro atoms. The molecule has 1 aromatic carbocycles. The molecule has 0 saturated carbocycles. The zero-order valence-electron chi connectivity index (χ0n) is 9.82. The van der Waals surface area contributed by atoms with Crippen molar-refractivity contribution >= 4 is 27.5 Å². The summed E-state index contributed by atoms with van der Waals surface area (Å²) in [6.45, 7) is 1.72. The van der Waals surface area contributed by atoms with Gasteiger partial charge in [-0.3, -0.25) is 4.79 Å². The van der Waals surface area contributed by atoms with Crippen molar-refractivity contribution in [2.75, 3.05) is 25.1 Å². The average molecular weight is 312 g/mol. The normalized spacial score (nSPS) is 24.1. The molecule has 1 N–H and O–H groups in total. The first-order valence-electron chi connectivity index (χ1n) is 6.02. The van der Waals surface area contributed by atoms with E-state index in [-0.39, 0.29) is 17.3 Å². The summed E-state index contributed by atoms with van der Waals surface area (Å²) in [7, 11) is 0. The lowest BCUT2D eigenvalue weighted by atomic mass is 9.98. The van der Waals surface area contributed by atoms with E-state index < -0.39 is 0 Å². The van der Waals surface area contributed by atoms with Gasteiger partial charge in [-0.25, -0.2) is 0 Å². The van der Waals surface area contributed by atoms with Gasteiger partial charge < -0.3 is 14.8 Å². The van der Waals surface area contributed by atoms with Crippen molar-refractivity contribution in [2.24, 2.45) is 5.92 Å². The smallest absolute Gasteiger partial charge is 0.262 e. The Balaban J connectivity index is 1.84. The summed E-state index contributed by atoms with van der Waals surface area (Å²) in [6.07, 6.45) is 1.07. The topological polar surface area (TPSA) is 47.6 Å². The van der Waals surface area contributed by atoms with Crippen molar-refractivity contribution in [3.63, 3.8) is 0 Å². The maximum Gasteiger partial charge on any atom is 0.262 e. The lowest BCUT2D eigenvalue weighted by Crippen LogP contribution is -2.25. The maximum absolute atomic E-state index is 11.3. The predicted octanol–water partition coefficient (Wildman–Crippen LogP) is 2.49. The molecule has 3 rings (SSSR count). The molecule has 2 atom stereocenters. The Morgan fingerprint density at radius 1 is 1.44 bits per heavy atom. The highest BCUT2D eigenvalue weighted by molar-refractivity contribution is 9.09. The third kappa shape index (κ3) is 2.24. The van der Waals surface area contributed by atoms with Gasteiger partial charge in [0.15, 0.2) is 6.61 Å². The van der Waals surface area contributed by atoms with E-state index in [1.54, 1.807) is 0 Å². The number of rotatable bonds is 2. The van der Waals surface area contributed by atoms with Crippen LogP contribution in [0.1, 0.15) is 16.8 Å². The van der Waals surface area contributed by atoms with Gasteiger partial charge >= 0.3 is 0 Å². The van der Waals surface area contributed by atoms with Crippen LogP contribution >= 0.6 is 15.9 Å². The van der Waals surface area contributed by atoms with Crippen LogP contribution in [0.3, 0.4) is 0 Å². The number of nitrogens with one attached hydrogen (secondary N) is 1. The predicted molar refractivity (Wildman–Crippen MR) is 71.2 cm³/mol. The van der Waals surface area contributed by atoms with E-state index in [0.29, 0.717) is 5.92 Å². The minimum Gasteiger partial charge on any atom is -0.482 e. The number of halogens is 1. The minimum atomic E-state index is -0.102. The molecular formula is C13H14BrNO3. The molecule has 2 aliphatic rings. The standard InChI is InChI=1S/C13H14BrNO3/c14-13(9-3-4-17-6-9)8-1-2-11-10(5-8)15-12(16)7-18-11/h1-2,5,9,13H,3-4,6-7H2,(H,15,16). The summed E-state index contributed by atoms with van der Waals surface area (Å²) in [6, 6.07) is 5.92. The van der Waals surface area contributed by atoms with Gasteiger partial charge in [-0.1, -0.05) is 22.0 Å². The lowest BCUT2D eigenvalue weighted by molar-refractivity contribution is -0.118. The van der Waals surface area contributed by atoms with Crippen LogP contribution in [-0.2, 0) is 9.53 Å². The van der Waals surface area contributed by atoms with Crippen molar-refractivity contribution < 1.29 is 14.3 Å². The van der Waals surface area contributed by atoms with Crippen LogP contribution in [-0.4, -0.2) is 25.7 Å². The summed E-state index contributed by atoms with van der Waals surface area (Å²) in [5.74, 6) is 1.12. The number of fused-ring (bicyclic) bond motifs is 1. The van der Waals surface area contributed by atoms with Gasteiger partial charge in [-0.15, -0.1) is 0 Å². The van der Waals surface area contributed by atoms with Gasteiger partial charge in [0.1, 0.15) is 5.75 Å². The molecule has 2 aliphatic heterocycles. The van der Waals surface area contributed by atoms with Gasteiger partial charge in [0.05, 0.1) is 12.3 Å². The molecule has 0 aromatic heterocycles. The molecule has 0 radical (unpaired) electrons. The fraction of sp³-hybridized carbons (Fsp3) is 0.462. The van der Waals surface area contributed by atoms with E-state index in [4.69, 9.17) is 9.47 Å². The van der Waals surface area contributed by atoms with Crippen LogP contribution in [0.4, 0.5) is 5.69 Å². The summed E-state index contributed by atoms with van der Waals surface area (Å²) in [5, 5.41) is 2.83. The molecule has 2 unspecified atom stereocenters. The highest BCUT2D eigenvalue weighted by Gasteiger charge is 2.26. The summed E-state index contributed by atoms with van der Waals surface area (Å²) in [4.78, 5) is 11.5. The number of amides is 1. The number of benzene rings is 1. The zero-order chi connectivity index (χ0) is 12.5. The molecule has 0 bridgehead atoms. The van der Waals surface area contributed by atoms with E-state index >= 15 is 0 Å². The Kier molecular flexibility index (Phi) is 3.26. The van der Waals surface area contributed by atoms with Crippen molar-refractivity contribution in [1.82, 2.24) is 0 Å². The number of carbonyl (C=O) groups is 1. The SMILES string of the molecule is O=C1COc2ccc(C(Br)C3CCOC3)cc2N1. The largest absolute Gasteiger partial charge is 0.482 e. The van der Waals surface area contributed by atoms with Gasteiger partial charge in [0.2, 0.25) is 0 Å². The molecule has 1 saturated heterocycles. The van der Waals surface area contributed by atoms with Crippen molar-refractivity contribution in [1.29, 1.82) is 0 Å². The second-order valence-electron chi connectivity index (χ2n) is 4.62. The van der Waals surface area contributed by atoms with Gasteiger partial charge in [0, 0.05) is 17.4 Å². The first-order chi connectivity index (χ1) is 8.74. The lowest BCUT2D eigenvalue weighted by Gasteiger charge is -2.21. The van der Waals surface area contributed by atoms with Crippen molar-refractivity contribution in [3.8, 4) is 5.75 Å². The van der Waals surface area contributed by atoms with E-state index in [9.17, 15) is 4.79 Å². The molecule has 4 nitrogen and oxygen atoms in total. The number of alkyl halides is 1. The van der Waals surface area contributed by atoms with Crippen LogP contribution in [0.15, 0.2) is 18.2 Å². The summed E-state index contributed by atoms with van der Waals surface area (Å²) >= 11 is 3.72. The van der Waals surface area contributed by atoms with Crippen LogP contribution in [0.25, 0.3) is 0 Å². The van der Waals surface area contributed by atoms with Crippen LogP contribution in [0, 0.1) is 5.92 Å². The molecular weight excluding hydrogens is 298 g/mol. The number of anilines is 1. The van der Waals surface area contributed by atoms with Gasteiger partial charge in [-0.05, 0) is 24.1 Å². The average Bonchev–Trinajstić information content (AvgIpc) is 2.90. The Morgan fingerprint density at radius 3 is 3.11 bits per heavy atom. The summed E-state index contributed by atoms with van der Waals surface area (Å²) < 4.78 is 10.7. The fourth-order valence-electron chi connectivity index (χ4n) is 2.33. The first kappa shape index (κ1) is 12.0. The monoisotopic (exact) mass is 311 g/mol. The van der Waals surface area contributed by atoms with E-state index in [1.807, 2.05) is 18.2 Å². The third-order valence-electron chi connectivity index (χ3n) is 3.33. The van der Waals surface area contributed by atoms with Crippen molar-refractivity contribution in [3.05, 3.63) is 23.8 Å². The molecule has 5 heteroatoms. The molecule has 1 fully saturated rings. The van der Waals surface area contributed by atoms with Crippen LogP contribution in [0.5, 0.6) is 5.75 Å². The van der Waals surface area contributed by atoms with Gasteiger partial charge in [-0.2, -0.15) is 0 Å². The van der Waals surface area contributed by atoms with E-state index in [1.165, 1.54) is 0 Å². The quantitative estimate of drug-likeness (QED) is 0.854. The number of hydrogen-bond acceptors (Lipinski definition) is 3. The minimum absolute atomic E-state index is 0.0978. The Labute approximate surface area is 114 Å². The number of hydrogen-bond donors (Lipinski definition) is 1. The van der Waals surface area contributed by atoms with Gasteiger partial charge in [0.25, 0.3) is 5.91 Å². The highest BCUT2D eigenvalue weighted by atomic mass is 79.9. The number of carbonyl (C=O) groups excluding carboxylic acids is 1.